The third-order valence-electron chi connectivity index (χ3n) is 15.9. The number of benzene rings is 7. The lowest BCUT2D eigenvalue weighted by Crippen LogP contribution is -2.46. The summed E-state index contributed by atoms with van der Waals surface area (Å²) in [6.45, 7) is 19.0. The van der Waals surface area contributed by atoms with Gasteiger partial charge in [0.05, 0.1) is 25.5 Å². The Hall–Kier alpha value is -7.30. The van der Waals surface area contributed by atoms with Gasteiger partial charge in [0.2, 0.25) is 0 Å². The Morgan fingerprint density at radius 1 is 0.430 bits per heavy atom. The van der Waals surface area contributed by atoms with Gasteiger partial charge in [0.25, 0.3) is 35.4 Å². The molecule has 7 aromatic carbocycles. The van der Waals surface area contributed by atoms with Gasteiger partial charge in [-0.05, 0) is 142 Å². The van der Waals surface area contributed by atoms with E-state index >= 15 is 0 Å². The van der Waals surface area contributed by atoms with E-state index in [1.54, 1.807) is 91.6 Å². The normalized spacial score (nSPS) is 17.5. The summed E-state index contributed by atoms with van der Waals surface area (Å²) in [6, 6.07) is 33.9. The molecule has 0 unspecified atom stereocenters. The Balaban J connectivity index is 0.753. The second-order valence-electron chi connectivity index (χ2n) is 22.7. The van der Waals surface area contributed by atoms with Gasteiger partial charge in [-0.1, -0.05) is 125 Å². The van der Waals surface area contributed by atoms with E-state index in [0.29, 0.717) is 39.0 Å². The topological polar surface area (TPSA) is 119 Å². The molecular weight excluding hydrogens is 1060 g/mol. The quantitative estimate of drug-likeness (QED) is 0.148. The number of hydrogen-bond donors (Lipinski definition) is 0. The number of hydrogen-bond acceptors (Lipinski definition) is 12. The molecule has 6 aliphatic rings. The highest BCUT2D eigenvalue weighted by Crippen LogP contribution is 2.56. The Bertz CT molecular complexity index is 3960. The minimum Gasteiger partial charge on any atom is -0.368 e. The molecule has 1 fully saturated rings. The maximum atomic E-state index is 14.8. The second-order valence-corrected chi connectivity index (χ2v) is 27.0. The van der Waals surface area contributed by atoms with E-state index < -0.39 is 40.9 Å². The summed E-state index contributed by atoms with van der Waals surface area (Å²) in [6.07, 6.45) is 0. The van der Waals surface area contributed by atoms with Gasteiger partial charge in [0.15, 0.2) is 0 Å². The monoisotopic (exact) mass is 1120 g/mol. The summed E-state index contributed by atoms with van der Waals surface area (Å²) >= 11 is 7.20. The summed E-state index contributed by atoms with van der Waals surface area (Å²) in [5.74, 6) is -3.24. The average Bonchev–Trinajstić information content (AvgIpc) is 3.81. The van der Waals surface area contributed by atoms with Crippen molar-refractivity contribution >= 4 is 137 Å². The fraction of sp³-hybridized carbons (Fsp3) is 0.219. The van der Waals surface area contributed by atoms with Crippen LogP contribution in [0.1, 0.15) is 132 Å². The fourth-order valence-electron chi connectivity index (χ4n) is 11.8. The van der Waals surface area contributed by atoms with Gasteiger partial charge in [-0.2, -0.15) is 0 Å². The third-order valence-corrected chi connectivity index (χ3v) is 20.9. The number of amides is 6. The van der Waals surface area contributed by atoms with Crippen molar-refractivity contribution in [3.05, 3.63) is 195 Å². The molecule has 11 nitrogen and oxygen atoms in total. The first-order valence-electron chi connectivity index (χ1n) is 26.2. The highest BCUT2D eigenvalue weighted by molar-refractivity contribution is 8.35. The van der Waals surface area contributed by atoms with E-state index in [1.165, 1.54) is 34.4 Å². The molecule has 0 radical (unpaired) electrons. The maximum absolute atomic E-state index is 14.8. The predicted octanol–water partition coefficient (Wildman–Crippen LogP) is 14.8. The SMILES string of the molecule is Cc1cc(N2C(=O)c3ccc4c5c(ccc(c35)C2=O)C(=O)N(c2cc(C(C)(C)C)ccc2C(C)(C)C)C4=O)c(C)cc1N1C(=O)c2cccc3c(N4CCN(c5ccc(C6=CSC(=C7SC=CS7)S6)cc5)CC4)ccc(c23)C1=O. The maximum Gasteiger partial charge on any atom is 0.265 e. The summed E-state index contributed by atoms with van der Waals surface area (Å²) < 4.78 is 2.68. The molecule has 15 heteroatoms. The molecule has 0 N–H and O–H groups in total. The van der Waals surface area contributed by atoms with Crippen LogP contribution in [0.5, 0.6) is 0 Å². The predicted molar refractivity (Wildman–Crippen MR) is 326 cm³/mol. The fourth-order valence-corrected chi connectivity index (χ4v) is 16.3. The van der Waals surface area contributed by atoms with Crippen LogP contribution in [0.15, 0.2) is 134 Å². The van der Waals surface area contributed by atoms with E-state index in [0.717, 1.165) is 53.3 Å². The van der Waals surface area contributed by atoms with Crippen LogP contribution in [0.4, 0.5) is 28.4 Å². The number of thioether (sulfide) groups is 4. The van der Waals surface area contributed by atoms with Crippen LogP contribution in [0.3, 0.4) is 0 Å². The van der Waals surface area contributed by atoms with Crippen molar-refractivity contribution in [2.45, 2.75) is 66.2 Å². The molecule has 0 spiro atoms. The molecule has 0 aromatic heterocycles. The number of nitrogens with zero attached hydrogens (tertiary/aromatic N) is 5. The van der Waals surface area contributed by atoms with Crippen molar-refractivity contribution in [2.24, 2.45) is 0 Å². The molecule has 6 aliphatic heterocycles. The van der Waals surface area contributed by atoms with E-state index in [-0.39, 0.29) is 44.1 Å². The van der Waals surface area contributed by atoms with E-state index in [4.69, 9.17) is 0 Å². The number of aryl methyl sites for hydroxylation is 2. The largest absolute Gasteiger partial charge is 0.368 e. The number of carbonyl (C=O) groups is 6. The van der Waals surface area contributed by atoms with Crippen LogP contribution in [-0.4, -0.2) is 61.6 Å². The van der Waals surface area contributed by atoms with Crippen molar-refractivity contribution in [1.29, 1.82) is 0 Å². The molecule has 0 atom stereocenters. The zero-order chi connectivity index (χ0) is 55.1. The number of anilines is 5. The van der Waals surface area contributed by atoms with Crippen LogP contribution in [0.25, 0.3) is 26.5 Å². The molecule has 0 saturated carbocycles. The Kier molecular flexibility index (Phi) is 12.1. The minimum absolute atomic E-state index is 0.173. The Morgan fingerprint density at radius 3 is 1.43 bits per heavy atom. The van der Waals surface area contributed by atoms with Crippen LogP contribution in [0, 0.1) is 13.8 Å². The van der Waals surface area contributed by atoms with Gasteiger partial charge in [0.1, 0.15) is 0 Å². The van der Waals surface area contributed by atoms with Crippen molar-refractivity contribution in [3.63, 3.8) is 0 Å². The lowest BCUT2D eigenvalue weighted by atomic mass is 9.80. The molecular formula is C64H53N5O6S4. The standard InChI is InChI=1S/C64H53N5O6S4/c1-34-31-49(68-57(72)42-17-19-44-54-45(20-18-43(53(42)54)58(68)73)60(75)69(59(44)74)50-32-37(63(3,4)5)14-22-46(50)64(6,7)8)35(2)30-48(34)67-55(70)40-11-9-10-39-47(23-21-41(52(39)40)56(67)71)66-26-24-65(25-27-66)38-15-12-36(13-16-38)51-33-78-62(79-51)61-76-28-29-77-61/h9-23,28-33H,24-27H2,1-8H3. The van der Waals surface area contributed by atoms with Gasteiger partial charge in [0, 0.05) is 97.4 Å². The molecule has 0 aliphatic carbocycles. The summed E-state index contributed by atoms with van der Waals surface area (Å²) in [5.41, 5.74) is 8.19. The first-order valence-corrected chi connectivity index (χ1v) is 29.7. The van der Waals surface area contributed by atoms with E-state index in [2.05, 4.69) is 71.1 Å². The molecule has 6 amide bonds. The van der Waals surface area contributed by atoms with Gasteiger partial charge in [-0.3, -0.25) is 28.8 Å². The molecule has 394 valence electrons. The number of carbonyl (C=O) groups excluding carboxylic acids is 6. The van der Waals surface area contributed by atoms with Crippen LogP contribution < -0.4 is 24.5 Å². The van der Waals surface area contributed by atoms with Crippen molar-refractivity contribution in [1.82, 2.24) is 0 Å². The van der Waals surface area contributed by atoms with Crippen molar-refractivity contribution < 1.29 is 28.8 Å². The number of imide groups is 3. The van der Waals surface area contributed by atoms with E-state index in [1.807, 2.05) is 75.0 Å². The third kappa shape index (κ3) is 8.12. The molecule has 79 heavy (non-hydrogen) atoms. The van der Waals surface area contributed by atoms with Gasteiger partial charge in [-0.25, -0.2) is 14.7 Å². The highest BCUT2D eigenvalue weighted by atomic mass is 32.2. The summed E-state index contributed by atoms with van der Waals surface area (Å²) in [7, 11) is 0. The lowest BCUT2D eigenvalue weighted by molar-refractivity contribution is 0.0872. The van der Waals surface area contributed by atoms with Crippen LogP contribution >= 0.6 is 47.0 Å². The summed E-state index contributed by atoms with van der Waals surface area (Å²) in [5, 5.41) is 8.51. The smallest absolute Gasteiger partial charge is 0.265 e. The highest BCUT2D eigenvalue weighted by Gasteiger charge is 2.43. The zero-order valence-corrected chi connectivity index (χ0v) is 48.0. The van der Waals surface area contributed by atoms with Gasteiger partial charge in [-0.15, -0.1) is 0 Å². The minimum atomic E-state index is -0.623. The first kappa shape index (κ1) is 51.2. The molecule has 0 bridgehead atoms. The van der Waals surface area contributed by atoms with E-state index in [9.17, 15) is 28.8 Å². The molecule has 13 rings (SSSR count). The molecule has 7 aromatic rings. The van der Waals surface area contributed by atoms with Crippen LogP contribution in [0.2, 0.25) is 0 Å². The Labute approximate surface area is 475 Å². The van der Waals surface area contributed by atoms with Crippen molar-refractivity contribution in [3.8, 4) is 0 Å². The first-order chi connectivity index (χ1) is 37.8. The number of piperazine rings is 1. The van der Waals surface area contributed by atoms with Crippen molar-refractivity contribution in [2.75, 3.05) is 50.7 Å². The zero-order valence-electron chi connectivity index (χ0n) is 44.8. The molecule has 6 heterocycles. The average molecular weight is 1120 g/mol. The molecule has 1 saturated heterocycles. The van der Waals surface area contributed by atoms with Gasteiger partial charge >= 0.3 is 0 Å². The summed E-state index contributed by atoms with van der Waals surface area (Å²) in [4.78, 5) is 98.0. The number of rotatable bonds is 6. The Morgan fingerprint density at radius 2 is 0.911 bits per heavy atom. The second kappa shape index (κ2) is 18.7. The lowest BCUT2D eigenvalue weighted by Gasteiger charge is -2.38. The van der Waals surface area contributed by atoms with Gasteiger partial charge < -0.3 is 9.80 Å². The van der Waals surface area contributed by atoms with Crippen LogP contribution in [-0.2, 0) is 10.8 Å².